The van der Waals surface area contributed by atoms with Crippen molar-refractivity contribution < 1.29 is 68.1 Å². The van der Waals surface area contributed by atoms with Gasteiger partial charge in [-0.2, -0.15) is 0 Å². The van der Waals surface area contributed by atoms with Gasteiger partial charge in [0.1, 0.15) is 0 Å². The number of aliphatic carboxylic acids is 1. The summed E-state index contributed by atoms with van der Waals surface area (Å²) in [5, 5.41) is 8.83. The minimum absolute atomic E-state index is 0. The maximum absolute atomic E-state index is 11.8. The molecular formula is C13H18NaO8+. The number of rotatable bonds is 8. The maximum Gasteiger partial charge on any atom is 1.00 e. The van der Waals surface area contributed by atoms with Gasteiger partial charge in [-0.1, -0.05) is 0 Å². The summed E-state index contributed by atoms with van der Waals surface area (Å²) in [6, 6.07) is 0. The van der Waals surface area contributed by atoms with Gasteiger partial charge in [0, 0.05) is 0 Å². The second kappa shape index (κ2) is 12.2. The number of carbonyl (C=O) groups is 4. The predicted octanol–water partition coefficient (Wildman–Crippen LogP) is -2.55. The Labute approximate surface area is 150 Å². The van der Waals surface area contributed by atoms with E-state index < -0.39 is 41.4 Å². The summed E-state index contributed by atoms with van der Waals surface area (Å²) in [4.78, 5) is 46.2. The molecule has 0 heterocycles. The summed E-state index contributed by atoms with van der Waals surface area (Å²) >= 11 is 0. The van der Waals surface area contributed by atoms with Crippen molar-refractivity contribution >= 4 is 23.9 Å². The fraction of sp³-hybridized carbons (Fsp3) is 0.538. The molecule has 1 N–H and O–H groups in total. The zero-order chi connectivity index (χ0) is 16.4. The van der Waals surface area contributed by atoms with Gasteiger partial charge in [-0.05, 0) is 20.8 Å². The van der Waals surface area contributed by atoms with Gasteiger partial charge < -0.3 is 19.3 Å². The van der Waals surface area contributed by atoms with Gasteiger partial charge in [0.15, 0.2) is 5.57 Å². The molecule has 0 atom stereocenters. The van der Waals surface area contributed by atoms with Gasteiger partial charge in [-0.15, -0.1) is 0 Å². The third-order valence-electron chi connectivity index (χ3n) is 2.11. The van der Waals surface area contributed by atoms with Gasteiger partial charge in [-0.3, -0.25) is 4.79 Å². The number of carboxylic acids is 1. The SMILES string of the molecule is CCOC(=O)C(CC(=O)O)=C(C(=O)OCC)C(=O)OCC.[Na+]. The van der Waals surface area contributed by atoms with Crippen molar-refractivity contribution in [2.75, 3.05) is 19.8 Å². The summed E-state index contributed by atoms with van der Waals surface area (Å²) in [6.07, 6.45) is -0.855. The molecule has 0 aliphatic carbocycles. The van der Waals surface area contributed by atoms with Gasteiger partial charge in [0.05, 0.1) is 31.8 Å². The van der Waals surface area contributed by atoms with E-state index in [9.17, 15) is 19.2 Å². The number of hydrogen-bond acceptors (Lipinski definition) is 7. The van der Waals surface area contributed by atoms with Crippen LogP contribution in [0.25, 0.3) is 0 Å². The zero-order valence-electron chi connectivity index (χ0n) is 13.1. The number of ether oxygens (including phenoxy) is 3. The molecule has 0 aromatic carbocycles. The first-order valence-electron chi connectivity index (χ1n) is 6.35. The van der Waals surface area contributed by atoms with Crippen LogP contribution in [0.15, 0.2) is 11.1 Å². The summed E-state index contributed by atoms with van der Waals surface area (Å²) in [5.41, 5.74) is -1.35. The smallest absolute Gasteiger partial charge is 0.481 e. The Hall–Kier alpha value is -1.38. The first-order chi connectivity index (χ1) is 9.88. The van der Waals surface area contributed by atoms with E-state index in [4.69, 9.17) is 5.11 Å². The molecule has 0 unspecified atom stereocenters. The maximum atomic E-state index is 11.8. The average Bonchev–Trinajstić information content (AvgIpc) is 2.38. The molecule has 0 aromatic rings. The molecule has 0 radical (unpaired) electrons. The quantitative estimate of drug-likeness (QED) is 0.129. The second-order valence-electron chi connectivity index (χ2n) is 3.59. The van der Waals surface area contributed by atoms with Crippen LogP contribution < -0.4 is 29.6 Å². The summed E-state index contributed by atoms with van der Waals surface area (Å²) < 4.78 is 14.0. The Morgan fingerprint density at radius 1 is 0.773 bits per heavy atom. The molecule has 8 nitrogen and oxygen atoms in total. The third kappa shape index (κ3) is 7.58. The van der Waals surface area contributed by atoms with E-state index >= 15 is 0 Å². The Kier molecular flexibility index (Phi) is 12.7. The number of hydrogen-bond donors (Lipinski definition) is 1. The molecule has 0 amide bonds. The number of carbonyl (C=O) groups excluding carboxylic acids is 3. The Balaban J connectivity index is 0. The van der Waals surface area contributed by atoms with Gasteiger partial charge in [0.2, 0.25) is 0 Å². The van der Waals surface area contributed by atoms with Crippen LogP contribution in [-0.4, -0.2) is 48.8 Å². The Morgan fingerprint density at radius 3 is 1.45 bits per heavy atom. The number of esters is 3. The van der Waals surface area contributed by atoms with Crippen LogP contribution in [0.3, 0.4) is 0 Å². The Morgan fingerprint density at radius 2 is 1.14 bits per heavy atom. The van der Waals surface area contributed by atoms with Crippen LogP contribution in [0.1, 0.15) is 27.2 Å². The summed E-state index contributed by atoms with van der Waals surface area (Å²) in [5.74, 6) is -4.72. The van der Waals surface area contributed by atoms with Crippen molar-refractivity contribution in [3.63, 3.8) is 0 Å². The van der Waals surface area contributed by atoms with Crippen molar-refractivity contribution in [2.24, 2.45) is 0 Å². The van der Waals surface area contributed by atoms with Crippen LogP contribution in [0.4, 0.5) is 0 Å². The van der Waals surface area contributed by atoms with Crippen molar-refractivity contribution in [3.8, 4) is 0 Å². The second-order valence-corrected chi connectivity index (χ2v) is 3.59. The molecule has 0 aromatic heterocycles. The molecule has 9 heteroatoms. The van der Waals surface area contributed by atoms with E-state index in [1.54, 1.807) is 0 Å². The van der Waals surface area contributed by atoms with Crippen molar-refractivity contribution in [1.82, 2.24) is 0 Å². The molecule has 0 bridgehead atoms. The topological polar surface area (TPSA) is 116 Å². The molecule has 0 aliphatic rings. The van der Waals surface area contributed by atoms with Crippen molar-refractivity contribution in [1.29, 1.82) is 0 Å². The van der Waals surface area contributed by atoms with E-state index in [2.05, 4.69) is 14.2 Å². The van der Waals surface area contributed by atoms with Crippen LogP contribution in [0.5, 0.6) is 0 Å². The molecule has 0 fully saturated rings. The predicted molar refractivity (Wildman–Crippen MR) is 69.2 cm³/mol. The molecule has 118 valence electrons. The van der Waals surface area contributed by atoms with Gasteiger partial charge >= 0.3 is 53.4 Å². The average molecular weight is 325 g/mol. The van der Waals surface area contributed by atoms with Crippen molar-refractivity contribution in [2.45, 2.75) is 27.2 Å². The summed E-state index contributed by atoms with van der Waals surface area (Å²) in [6.45, 7) is 4.37. The molecular weight excluding hydrogens is 307 g/mol. The first-order valence-corrected chi connectivity index (χ1v) is 6.35. The minimum Gasteiger partial charge on any atom is -0.481 e. The molecule has 0 spiro atoms. The van der Waals surface area contributed by atoms with Crippen LogP contribution in [-0.2, 0) is 33.4 Å². The first kappa shape index (κ1) is 22.9. The van der Waals surface area contributed by atoms with E-state index in [-0.39, 0.29) is 49.4 Å². The van der Waals surface area contributed by atoms with E-state index in [1.807, 2.05) is 0 Å². The van der Waals surface area contributed by atoms with Crippen LogP contribution >= 0.6 is 0 Å². The van der Waals surface area contributed by atoms with E-state index in [0.717, 1.165) is 0 Å². The molecule has 0 saturated heterocycles. The molecule has 22 heavy (non-hydrogen) atoms. The molecule has 0 rings (SSSR count). The third-order valence-corrected chi connectivity index (χ3v) is 2.11. The van der Waals surface area contributed by atoms with E-state index in [1.165, 1.54) is 20.8 Å². The van der Waals surface area contributed by atoms with Gasteiger partial charge in [-0.25, -0.2) is 14.4 Å². The fourth-order valence-corrected chi connectivity index (χ4v) is 1.37. The zero-order valence-corrected chi connectivity index (χ0v) is 15.1. The standard InChI is InChI=1S/C13H18O8.Na/c1-4-19-11(16)8(7-9(14)15)10(12(17)20-5-2)13(18)21-6-3;/h4-7H2,1-3H3,(H,14,15);/q;+1. The van der Waals surface area contributed by atoms with Crippen LogP contribution in [0, 0.1) is 0 Å². The van der Waals surface area contributed by atoms with E-state index in [0.29, 0.717) is 0 Å². The van der Waals surface area contributed by atoms with Crippen molar-refractivity contribution in [3.05, 3.63) is 11.1 Å². The van der Waals surface area contributed by atoms with Crippen LogP contribution in [0.2, 0.25) is 0 Å². The van der Waals surface area contributed by atoms with Gasteiger partial charge in [0.25, 0.3) is 0 Å². The molecule has 0 aliphatic heterocycles. The fourth-order valence-electron chi connectivity index (χ4n) is 1.37. The molecule has 0 saturated carbocycles. The number of carboxylic acid groups (broad SMARTS) is 1. The summed E-state index contributed by atoms with van der Waals surface area (Å²) in [7, 11) is 0. The normalized spacial score (nSPS) is 9.05. The monoisotopic (exact) mass is 325 g/mol. The Bertz CT molecular complexity index is 435. The minimum atomic E-state index is -1.40. The largest absolute Gasteiger partial charge is 1.00 e.